The Morgan fingerprint density at radius 3 is 2.36 bits per heavy atom. The van der Waals surface area contributed by atoms with E-state index in [9.17, 15) is 9.59 Å². The van der Waals surface area contributed by atoms with Crippen molar-refractivity contribution >= 4 is 23.4 Å². The van der Waals surface area contributed by atoms with E-state index in [0.29, 0.717) is 5.56 Å². The molecule has 1 aromatic rings. The van der Waals surface area contributed by atoms with Crippen LogP contribution in [0.15, 0.2) is 30.3 Å². The van der Waals surface area contributed by atoms with E-state index >= 15 is 0 Å². The Hall–Kier alpha value is -1.35. The Morgan fingerprint density at radius 1 is 1.29 bits per heavy atom. The van der Waals surface area contributed by atoms with E-state index in [1.165, 1.54) is 0 Å². The van der Waals surface area contributed by atoms with Crippen LogP contribution in [0.1, 0.15) is 10.9 Å². The van der Waals surface area contributed by atoms with E-state index in [-0.39, 0.29) is 0 Å². The highest BCUT2D eigenvalue weighted by molar-refractivity contribution is 6.47. The van der Waals surface area contributed by atoms with Gasteiger partial charge < -0.3 is 4.74 Å². The Balaban J connectivity index is 2.81. The summed E-state index contributed by atoms with van der Waals surface area (Å²) >= 11 is 5.78. The SMILES string of the molecule is COC(=O)C(=O)[C@H](Cl)c1ccccc1. The minimum absolute atomic E-state index is 0.588. The van der Waals surface area contributed by atoms with E-state index in [1.54, 1.807) is 30.3 Å². The molecule has 0 N–H and O–H groups in total. The van der Waals surface area contributed by atoms with Crippen LogP contribution >= 0.6 is 11.6 Å². The highest BCUT2D eigenvalue weighted by Gasteiger charge is 2.25. The lowest BCUT2D eigenvalue weighted by molar-refractivity contribution is -0.151. The number of carbonyl (C=O) groups is 2. The number of Topliss-reactive ketones (excluding diaryl/α,β-unsaturated/α-hetero) is 1. The van der Waals surface area contributed by atoms with Crippen molar-refractivity contribution < 1.29 is 14.3 Å². The summed E-state index contributed by atoms with van der Waals surface area (Å²) in [6, 6.07) is 8.65. The van der Waals surface area contributed by atoms with Crippen molar-refractivity contribution in [2.75, 3.05) is 7.11 Å². The van der Waals surface area contributed by atoms with Gasteiger partial charge in [0.05, 0.1) is 7.11 Å². The molecule has 0 aliphatic carbocycles. The predicted molar refractivity (Wildman–Crippen MR) is 52.1 cm³/mol. The fraction of sp³-hybridized carbons (Fsp3) is 0.200. The molecule has 74 valence electrons. The molecule has 1 rings (SSSR count). The number of alkyl halides is 1. The third-order valence-electron chi connectivity index (χ3n) is 1.71. The zero-order chi connectivity index (χ0) is 10.6. The zero-order valence-electron chi connectivity index (χ0n) is 7.57. The van der Waals surface area contributed by atoms with Crippen molar-refractivity contribution in [3.05, 3.63) is 35.9 Å². The monoisotopic (exact) mass is 212 g/mol. The zero-order valence-corrected chi connectivity index (χ0v) is 8.32. The molecule has 0 saturated carbocycles. The maximum atomic E-state index is 11.3. The largest absolute Gasteiger partial charge is 0.463 e. The van der Waals surface area contributed by atoms with Crippen LogP contribution in [-0.4, -0.2) is 18.9 Å². The van der Waals surface area contributed by atoms with Gasteiger partial charge in [-0.2, -0.15) is 0 Å². The Labute approximate surface area is 86.6 Å². The fourth-order valence-corrected chi connectivity index (χ4v) is 1.21. The summed E-state index contributed by atoms with van der Waals surface area (Å²) in [5, 5.41) is -0.969. The van der Waals surface area contributed by atoms with Crippen molar-refractivity contribution in [1.29, 1.82) is 0 Å². The van der Waals surface area contributed by atoms with Gasteiger partial charge in [-0.15, -0.1) is 11.6 Å². The summed E-state index contributed by atoms with van der Waals surface area (Å²) in [6.07, 6.45) is 0. The molecule has 0 fully saturated rings. The molecule has 0 amide bonds. The molecular weight excluding hydrogens is 204 g/mol. The summed E-state index contributed by atoms with van der Waals surface area (Å²) in [5.74, 6) is -1.67. The number of ether oxygens (including phenoxy) is 1. The number of methoxy groups -OCH3 is 1. The summed E-state index contributed by atoms with van der Waals surface area (Å²) in [5.41, 5.74) is 0.588. The third kappa shape index (κ3) is 2.33. The predicted octanol–water partition coefficient (Wildman–Crippen LogP) is 1.71. The van der Waals surface area contributed by atoms with Crippen LogP contribution in [-0.2, 0) is 14.3 Å². The third-order valence-corrected chi connectivity index (χ3v) is 2.16. The van der Waals surface area contributed by atoms with Crippen LogP contribution in [0.5, 0.6) is 0 Å². The molecule has 0 saturated heterocycles. The van der Waals surface area contributed by atoms with Gasteiger partial charge in [0, 0.05) is 0 Å². The molecule has 0 aliphatic heterocycles. The van der Waals surface area contributed by atoms with Gasteiger partial charge in [0.1, 0.15) is 5.38 Å². The second-order valence-corrected chi connectivity index (χ2v) is 3.07. The average Bonchev–Trinajstić information content (AvgIpc) is 2.27. The highest BCUT2D eigenvalue weighted by Crippen LogP contribution is 2.21. The van der Waals surface area contributed by atoms with Gasteiger partial charge in [0.15, 0.2) is 0 Å². The number of hydrogen-bond acceptors (Lipinski definition) is 3. The molecule has 0 aromatic heterocycles. The molecule has 0 aliphatic rings. The Bertz CT molecular complexity index is 334. The van der Waals surface area contributed by atoms with Crippen LogP contribution < -0.4 is 0 Å². The first-order chi connectivity index (χ1) is 6.66. The van der Waals surface area contributed by atoms with Crippen LogP contribution in [0.2, 0.25) is 0 Å². The lowest BCUT2D eigenvalue weighted by Crippen LogP contribution is -2.20. The summed E-state index contributed by atoms with van der Waals surface area (Å²) in [4.78, 5) is 22.1. The molecule has 1 atom stereocenters. The fourth-order valence-electron chi connectivity index (χ4n) is 0.977. The lowest BCUT2D eigenvalue weighted by Gasteiger charge is -2.06. The first kappa shape index (κ1) is 10.7. The summed E-state index contributed by atoms with van der Waals surface area (Å²) in [6.45, 7) is 0. The van der Waals surface area contributed by atoms with E-state index in [2.05, 4.69) is 4.74 Å². The van der Waals surface area contributed by atoms with Crippen molar-refractivity contribution in [2.45, 2.75) is 5.38 Å². The van der Waals surface area contributed by atoms with Crippen molar-refractivity contribution in [2.24, 2.45) is 0 Å². The van der Waals surface area contributed by atoms with Gasteiger partial charge in [-0.3, -0.25) is 4.79 Å². The van der Waals surface area contributed by atoms with Crippen LogP contribution in [0.3, 0.4) is 0 Å². The number of esters is 1. The average molecular weight is 213 g/mol. The first-order valence-corrected chi connectivity index (χ1v) is 4.41. The maximum Gasteiger partial charge on any atom is 0.376 e. The minimum Gasteiger partial charge on any atom is -0.463 e. The number of benzene rings is 1. The van der Waals surface area contributed by atoms with Gasteiger partial charge in [0.2, 0.25) is 0 Å². The molecule has 3 nitrogen and oxygen atoms in total. The molecule has 14 heavy (non-hydrogen) atoms. The molecule has 0 unspecified atom stereocenters. The molecule has 1 aromatic carbocycles. The van der Waals surface area contributed by atoms with Crippen LogP contribution in [0.25, 0.3) is 0 Å². The van der Waals surface area contributed by atoms with E-state index in [0.717, 1.165) is 7.11 Å². The highest BCUT2D eigenvalue weighted by atomic mass is 35.5. The van der Waals surface area contributed by atoms with Crippen molar-refractivity contribution in [3.8, 4) is 0 Å². The standard InChI is InChI=1S/C10H9ClO3/c1-14-10(13)9(12)8(11)7-5-3-2-4-6-7/h2-6,8H,1H3/t8-/m1/s1. The minimum atomic E-state index is -0.969. The number of hydrogen-bond donors (Lipinski definition) is 0. The van der Waals surface area contributed by atoms with Gasteiger partial charge in [0.25, 0.3) is 5.78 Å². The van der Waals surface area contributed by atoms with E-state index in [1.807, 2.05) is 0 Å². The van der Waals surface area contributed by atoms with Gasteiger partial charge >= 0.3 is 5.97 Å². The van der Waals surface area contributed by atoms with Gasteiger partial charge in [-0.1, -0.05) is 30.3 Å². The Kier molecular flexibility index (Phi) is 3.65. The quantitative estimate of drug-likeness (QED) is 0.435. The van der Waals surface area contributed by atoms with Gasteiger partial charge in [-0.05, 0) is 5.56 Å². The van der Waals surface area contributed by atoms with E-state index in [4.69, 9.17) is 11.6 Å². The second-order valence-electron chi connectivity index (χ2n) is 2.63. The number of ketones is 1. The van der Waals surface area contributed by atoms with Crippen LogP contribution in [0.4, 0.5) is 0 Å². The second kappa shape index (κ2) is 4.77. The molecule has 0 radical (unpaired) electrons. The number of halogens is 1. The number of carbonyl (C=O) groups excluding carboxylic acids is 2. The topological polar surface area (TPSA) is 43.4 Å². The smallest absolute Gasteiger partial charge is 0.376 e. The summed E-state index contributed by atoms with van der Waals surface area (Å²) in [7, 11) is 1.15. The van der Waals surface area contributed by atoms with Crippen LogP contribution in [0, 0.1) is 0 Å². The molecule has 0 spiro atoms. The van der Waals surface area contributed by atoms with Gasteiger partial charge in [-0.25, -0.2) is 4.79 Å². The van der Waals surface area contributed by atoms with Crippen molar-refractivity contribution in [1.82, 2.24) is 0 Å². The van der Waals surface area contributed by atoms with Crippen molar-refractivity contribution in [3.63, 3.8) is 0 Å². The molecule has 0 heterocycles. The normalized spacial score (nSPS) is 11.9. The first-order valence-electron chi connectivity index (χ1n) is 3.98. The molecular formula is C10H9ClO3. The molecule has 4 heteroatoms. The Morgan fingerprint density at radius 2 is 1.86 bits per heavy atom. The number of rotatable bonds is 3. The van der Waals surface area contributed by atoms with E-state index < -0.39 is 17.1 Å². The maximum absolute atomic E-state index is 11.3. The lowest BCUT2D eigenvalue weighted by atomic mass is 10.1. The molecule has 0 bridgehead atoms. The summed E-state index contributed by atoms with van der Waals surface area (Å²) < 4.78 is 4.28.